The van der Waals surface area contributed by atoms with Gasteiger partial charge in [-0.05, 0) is 48.0 Å². The van der Waals surface area contributed by atoms with Crippen LogP contribution in [0.3, 0.4) is 0 Å². The Morgan fingerprint density at radius 3 is 1.84 bits per heavy atom. The van der Waals surface area contributed by atoms with E-state index in [1.807, 2.05) is 120 Å². The van der Waals surface area contributed by atoms with Crippen LogP contribution in [0.25, 0.3) is 0 Å². The molecule has 1 N–H and O–H groups in total. The lowest BCUT2D eigenvalue weighted by Crippen LogP contribution is -2.34. The molecule has 0 aliphatic heterocycles. The van der Waals surface area contributed by atoms with Crippen molar-refractivity contribution in [3.05, 3.63) is 137 Å². The fourth-order valence-corrected chi connectivity index (χ4v) is 4.10. The monoisotopic (exact) mass is 492 g/mol. The van der Waals surface area contributed by atoms with Crippen LogP contribution in [-0.4, -0.2) is 40.2 Å². The number of pyridine rings is 1. The van der Waals surface area contributed by atoms with Gasteiger partial charge in [-0.1, -0.05) is 78.9 Å². The highest BCUT2D eigenvalue weighted by Gasteiger charge is 2.17. The molecular formula is C31H32N4O2. The van der Waals surface area contributed by atoms with E-state index >= 15 is 0 Å². The van der Waals surface area contributed by atoms with Gasteiger partial charge in [-0.25, -0.2) is 0 Å². The van der Waals surface area contributed by atoms with Crippen LogP contribution in [0.15, 0.2) is 109 Å². The molecule has 0 radical (unpaired) electrons. The van der Waals surface area contributed by atoms with Crippen LogP contribution >= 0.6 is 0 Å². The molecule has 0 aliphatic rings. The summed E-state index contributed by atoms with van der Waals surface area (Å²) in [4.78, 5) is 33.8. The van der Waals surface area contributed by atoms with Crippen LogP contribution in [0.1, 0.15) is 32.7 Å². The van der Waals surface area contributed by atoms with Gasteiger partial charge in [0.15, 0.2) is 0 Å². The number of aromatic nitrogens is 1. The Morgan fingerprint density at radius 1 is 0.703 bits per heavy atom. The van der Waals surface area contributed by atoms with Crippen LogP contribution in [0.4, 0.5) is 0 Å². The van der Waals surface area contributed by atoms with E-state index in [0.29, 0.717) is 31.7 Å². The fourth-order valence-electron chi connectivity index (χ4n) is 4.10. The standard InChI is InChI=1S/C31H32N4O2/c1-34(24-30(36)33-20-29-14-8-9-19-32-29)21-27-15-17-28(18-16-27)31(37)35(22-25-10-4-2-5-11-25)23-26-12-6-3-7-13-26/h2-19H,20-24H2,1H3,(H,33,36). The first-order valence-corrected chi connectivity index (χ1v) is 12.4. The van der Waals surface area contributed by atoms with Gasteiger partial charge >= 0.3 is 0 Å². The van der Waals surface area contributed by atoms with E-state index in [1.54, 1.807) is 6.20 Å². The number of carbonyl (C=O) groups excluding carboxylic acids is 2. The minimum Gasteiger partial charge on any atom is -0.349 e. The van der Waals surface area contributed by atoms with Crippen molar-refractivity contribution in [3.8, 4) is 0 Å². The number of hydrogen-bond donors (Lipinski definition) is 1. The summed E-state index contributed by atoms with van der Waals surface area (Å²) < 4.78 is 0. The molecule has 188 valence electrons. The van der Waals surface area contributed by atoms with Crippen molar-refractivity contribution in [2.24, 2.45) is 0 Å². The molecule has 0 unspecified atom stereocenters. The average Bonchev–Trinajstić information content (AvgIpc) is 2.93. The molecular weight excluding hydrogens is 460 g/mol. The van der Waals surface area contributed by atoms with Crippen molar-refractivity contribution in [1.29, 1.82) is 0 Å². The predicted octanol–water partition coefficient (Wildman–Crippen LogP) is 4.67. The smallest absolute Gasteiger partial charge is 0.254 e. The maximum absolute atomic E-state index is 13.5. The number of hydrogen-bond acceptors (Lipinski definition) is 4. The Balaban J connectivity index is 1.35. The van der Waals surface area contributed by atoms with E-state index in [1.165, 1.54) is 0 Å². The molecule has 0 fully saturated rings. The van der Waals surface area contributed by atoms with Gasteiger partial charge in [0.1, 0.15) is 0 Å². The first-order chi connectivity index (χ1) is 18.1. The molecule has 0 aliphatic carbocycles. The highest BCUT2D eigenvalue weighted by Crippen LogP contribution is 2.16. The Morgan fingerprint density at radius 2 is 1.27 bits per heavy atom. The molecule has 0 bridgehead atoms. The number of rotatable bonds is 11. The Kier molecular flexibility index (Phi) is 9.16. The van der Waals surface area contributed by atoms with Crippen molar-refractivity contribution in [2.75, 3.05) is 13.6 Å². The molecule has 1 heterocycles. The maximum atomic E-state index is 13.5. The van der Waals surface area contributed by atoms with Gasteiger partial charge in [-0.2, -0.15) is 0 Å². The predicted molar refractivity (Wildman–Crippen MR) is 145 cm³/mol. The second-order valence-electron chi connectivity index (χ2n) is 9.10. The van der Waals surface area contributed by atoms with Crippen LogP contribution in [0.2, 0.25) is 0 Å². The number of likely N-dealkylation sites (N-methyl/N-ethyl adjacent to an activating group) is 1. The summed E-state index contributed by atoms with van der Waals surface area (Å²) in [5.41, 5.74) is 4.69. The minimum absolute atomic E-state index is 0.0125. The third-order valence-corrected chi connectivity index (χ3v) is 5.98. The van der Waals surface area contributed by atoms with Crippen molar-refractivity contribution in [2.45, 2.75) is 26.2 Å². The van der Waals surface area contributed by atoms with Crippen LogP contribution in [-0.2, 0) is 31.0 Å². The summed E-state index contributed by atoms with van der Waals surface area (Å²) in [5.74, 6) is -0.0704. The zero-order chi connectivity index (χ0) is 25.9. The number of nitrogens with one attached hydrogen (secondary N) is 1. The SMILES string of the molecule is CN(CC(=O)NCc1ccccn1)Cc1ccc(C(=O)N(Cc2ccccc2)Cc2ccccc2)cc1. The van der Waals surface area contributed by atoms with Crippen molar-refractivity contribution in [3.63, 3.8) is 0 Å². The van der Waals surface area contributed by atoms with Gasteiger partial charge in [0.25, 0.3) is 5.91 Å². The molecule has 0 spiro atoms. The zero-order valence-electron chi connectivity index (χ0n) is 21.1. The summed E-state index contributed by atoms with van der Waals surface area (Å²) in [6, 6.07) is 33.4. The molecule has 4 aromatic rings. The van der Waals surface area contributed by atoms with Gasteiger partial charge in [0.05, 0.1) is 18.8 Å². The van der Waals surface area contributed by atoms with E-state index in [4.69, 9.17) is 0 Å². The largest absolute Gasteiger partial charge is 0.349 e. The highest BCUT2D eigenvalue weighted by molar-refractivity contribution is 5.94. The van der Waals surface area contributed by atoms with E-state index in [-0.39, 0.29) is 18.4 Å². The Labute approximate surface area is 218 Å². The molecule has 37 heavy (non-hydrogen) atoms. The van der Waals surface area contributed by atoms with Crippen molar-refractivity contribution in [1.82, 2.24) is 20.1 Å². The minimum atomic E-state index is -0.0579. The number of carbonyl (C=O) groups is 2. The van der Waals surface area contributed by atoms with Gasteiger partial charge in [0, 0.05) is 31.4 Å². The van der Waals surface area contributed by atoms with E-state index in [0.717, 1.165) is 22.4 Å². The molecule has 2 amide bonds. The number of nitrogens with zero attached hydrogens (tertiary/aromatic N) is 3. The topological polar surface area (TPSA) is 65.5 Å². The Hall–Kier alpha value is -4.29. The van der Waals surface area contributed by atoms with Crippen LogP contribution < -0.4 is 5.32 Å². The summed E-state index contributed by atoms with van der Waals surface area (Å²) in [7, 11) is 1.90. The second kappa shape index (κ2) is 13.1. The molecule has 6 nitrogen and oxygen atoms in total. The average molecular weight is 493 g/mol. The van der Waals surface area contributed by atoms with Crippen molar-refractivity contribution >= 4 is 11.8 Å². The number of benzene rings is 3. The number of amides is 2. The van der Waals surface area contributed by atoms with Gasteiger partial charge in [-0.3, -0.25) is 19.5 Å². The molecule has 1 aromatic heterocycles. The van der Waals surface area contributed by atoms with E-state index in [9.17, 15) is 9.59 Å². The summed E-state index contributed by atoms with van der Waals surface area (Å²) >= 11 is 0. The molecule has 3 aromatic carbocycles. The normalized spacial score (nSPS) is 10.8. The van der Waals surface area contributed by atoms with Gasteiger partial charge in [0.2, 0.25) is 5.91 Å². The molecule has 0 saturated carbocycles. The highest BCUT2D eigenvalue weighted by atomic mass is 16.2. The maximum Gasteiger partial charge on any atom is 0.254 e. The molecule has 0 atom stereocenters. The first kappa shape index (κ1) is 25.8. The van der Waals surface area contributed by atoms with Crippen LogP contribution in [0, 0.1) is 0 Å². The quantitative estimate of drug-likeness (QED) is 0.330. The lowest BCUT2D eigenvalue weighted by Gasteiger charge is -2.23. The lowest BCUT2D eigenvalue weighted by molar-refractivity contribution is -0.122. The van der Waals surface area contributed by atoms with E-state index < -0.39 is 0 Å². The van der Waals surface area contributed by atoms with Gasteiger partial charge < -0.3 is 10.2 Å². The van der Waals surface area contributed by atoms with Crippen molar-refractivity contribution < 1.29 is 9.59 Å². The third-order valence-electron chi connectivity index (χ3n) is 5.98. The fraction of sp³-hybridized carbons (Fsp3) is 0.194. The van der Waals surface area contributed by atoms with Gasteiger partial charge in [-0.15, -0.1) is 0 Å². The summed E-state index contributed by atoms with van der Waals surface area (Å²) in [5, 5.41) is 2.90. The Bertz CT molecular complexity index is 1220. The first-order valence-electron chi connectivity index (χ1n) is 12.4. The summed E-state index contributed by atoms with van der Waals surface area (Å²) in [6.45, 7) is 2.35. The zero-order valence-corrected chi connectivity index (χ0v) is 21.1. The molecule has 0 saturated heterocycles. The molecule has 4 rings (SSSR count). The lowest BCUT2D eigenvalue weighted by atomic mass is 10.1. The molecule has 6 heteroatoms. The van der Waals surface area contributed by atoms with Crippen LogP contribution in [0.5, 0.6) is 0 Å². The third kappa shape index (κ3) is 8.12. The summed E-state index contributed by atoms with van der Waals surface area (Å²) in [6.07, 6.45) is 1.71. The second-order valence-corrected chi connectivity index (χ2v) is 9.10. The van der Waals surface area contributed by atoms with E-state index in [2.05, 4.69) is 10.3 Å².